The number of aromatic nitrogens is 1. The summed E-state index contributed by atoms with van der Waals surface area (Å²) < 4.78 is 41.6. The number of rotatable bonds is 7. The Hall–Kier alpha value is -3.15. The van der Waals surface area contributed by atoms with Crippen LogP contribution in [-0.2, 0) is 14.3 Å². The lowest BCUT2D eigenvalue weighted by Gasteiger charge is -2.16. The van der Waals surface area contributed by atoms with Gasteiger partial charge in [-0.3, -0.25) is 9.59 Å². The number of para-hydroxylation sites is 1. The Kier molecular flexibility index (Phi) is 6.57. The lowest BCUT2D eigenvalue weighted by molar-refractivity contribution is -0.175. The first-order chi connectivity index (χ1) is 13.1. The average Bonchev–Trinajstić information content (AvgIpc) is 3.00. The number of benzene rings is 1. The van der Waals surface area contributed by atoms with Crippen molar-refractivity contribution in [3.63, 3.8) is 0 Å². The van der Waals surface area contributed by atoms with Crippen LogP contribution in [0.5, 0.6) is 0 Å². The predicted octanol–water partition coefficient (Wildman–Crippen LogP) is 2.26. The van der Waals surface area contributed by atoms with E-state index in [1.54, 1.807) is 30.3 Å². The van der Waals surface area contributed by atoms with Crippen LogP contribution in [0.4, 0.5) is 29.8 Å². The van der Waals surface area contributed by atoms with Gasteiger partial charge >= 0.3 is 18.1 Å². The molecule has 0 fully saturated rings. The molecule has 1 aromatic carbocycles. The highest BCUT2D eigenvalue weighted by Gasteiger charge is 2.41. The van der Waals surface area contributed by atoms with Gasteiger partial charge in [-0.15, -0.1) is 0 Å². The summed E-state index contributed by atoms with van der Waals surface area (Å²) >= 11 is 0.864. The van der Waals surface area contributed by atoms with Gasteiger partial charge in [-0.2, -0.15) is 13.2 Å². The zero-order valence-corrected chi connectivity index (χ0v) is 15.2. The maximum atomic E-state index is 12.4. The van der Waals surface area contributed by atoms with Gasteiger partial charge in [0.1, 0.15) is 16.7 Å². The number of halogens is 3. The second-order valence-electron chi connectivity index (χ2n) is 5.40. The molecule has 0 aliphatic carbocycles. The minimum absolute atomic E-state index is 0.0615. The Morgan fingerprint density at radius 1 is 1.25 bits per heavy atom. The largest absolute Gasteiger partial charge is 0.471 e. The van der Waals surface area contributed by atoms with E-state index >= 15 is 0 Å². The third-order valence-corrected chi connectivity index (χ3v) is 4.40. The van der Waals surface area contributed by atoms with Gasteiger partial charge < -0.3 is 21.1 Å². The highest BCUT2D eigenvalue weighted by Crippen LogP contribution is 2.29. The first-order valence-corrected chi connectivity index (χ1v) is 8.50. The zero-order chi connectivity index (χ0) is 20.9. The summed E-state index contributed by atoms with van der Waals surface area (Å²) in [5.41, 5.74) is 6.39. The number of nitrogen functional groups attached to an aromatic ring is 1. The van der Waals surface area contributed by atoms with Crippen molar-refractivity contribution >= 4 is 45.6 Å². The van der Waals surface area contributed by atoms with Crippen LogP contribution >= 0.6 is 11.3 Å². The summed E-state index contributed by atoms with van der Waals surface area (Å²) in [6.07, 6.45) is -5.99. The molecule has 0 bridgehead atoms. The van der Waals surface area contributed by atoms with Gasteiger partial charge in [-0.1, -0.05) is 29.5 Å². The van der Waals surface area contributed by atoms with E-state index < -0.39 is 36.3 Å². The number of hydrogen-bond acceptors (Lipinski definition) is 8. The number of thiazole rings is 1. The number of alkyl halides is 3. The SMILES string of the molecule is COC(=O)[C@H](CC(=O)c1sc(Nc2ccccc2)nc1N)NC(=O)C(F)(F)F. The number of methoxy groups -OCH3 is 1. The Morgan fingerprint density at radius 3 is 2.46 bits per heavy atom. The minimum atomic E-state index is -5.22. The molecule has 1 aromatic heterocycles. The van der Waals surface area contributed by atoms with Crippen molar-refractivity contribution in [3.8, 4) is 0 Å². The molecule has 0 unspecified atom stereocenters. The van der Waals surface area contributed by atoms with E-state index in [-0.39, 0.29) is 15.8 Å². The summed E-state index contributed by atoms with van der Waals surface area (Å²) in [7, 11) is 0.919. The topological polar surface area (TPSA) is 123 Å². The number of Topliss-reactive ketones (excluding diaryl/α,β-unsaturated/α-hetero) is 1. The predicted molar refractivity (Wildman–Crippen MR) is 95.2 cm³/mol. The van der Waals surface area contributed by atoms with E-state index in [2.05, 4.69) is 15.0 Å². The molecule has 1 amide bonds. The molecule has 0 radical (unpaired) electrons. The molecule has 1 atom stereocenters. The maximum absolute atomic E-state index is 12.4. The van der Waals surface area contributed by atoms with Crippen LogP contribution in [-0.4, -0.2) is 42.0 Å². The van der Waals surface area contributed by atoms with Crippen LogP contribution in [0.3, 0.4) is 0 Å². The van der Waals surface area contributed by atoms with Gasteiger partial charge in [0.2, 0.25) is 0 Å². The third-order valence-electron chi connectivity index (χ3n) is 3.37. The molecule has 150 valence electrons. The van der Waals surface area contributed by atoms with Crippen molar-refractivity contribution < 1.29 is 32.3 Å². The molecule has 0 spiro atoms. The van der Waals surface area contributed by atoms with E-state index in [0.29, 0.717) is 5.69 Å². The molecule has 0 saturated carbocycles. The van der Waals surface area contributed by atoms with Crippen LogP contribution in [0, 0.1) is 0 Å². The van der Waals surface area contributed by atoms with Crippen LogP contribution in [0.25, 0.3) is 0 Å². The van der Waals surface area contributed by atoms with Crippen LogP contribution < -0.4 is 16.4 Å². The van der Waals surface area contributed by atoms with Crippen LogP contribution in [0.2, 0.25) is 0 Å². The molecule has 8 nitrogen and oxygen atoms in total. The molecule has 2 aromatic rings. The Bertz CT molecular complexity index is 871. The first kappa shape index (κ1) is 21.2. The number of ether oxygens (including phenoxy) is 1. The normalized spacial score (nSPS) is 12.1. The molecule has 0 aliphatic heterocycles. The number of carbonyl (C=O) groups is 3. The van der Waals surface area contributed by atoms with Crippen molar-refractivity contribution in [1.29, 1.82) is 0 Å². The van der Waals surface area contributed by atoms with Gasteiger partial charge in [-0.25, -0.2) is 9.78 Å². The zero-order valence-electron chi connectivity index (χ0n) is 14.4. The second-order valence-corrected chi connectivity index (χ2v) is 6.40. The number of amides is 1. The lowest BCUT2D eigenvalue weighted by Crippen LogP contribution is -2.48. The first-order valence-electron chi connectivity index (χ1n) is 7.69. The molecular formula is C16H15F3N4O4S. The highest BCUT2D eigenvalue weighted by molar-refractivity contribution is 7.18. The lowest BCUT2D eigenvalue weighted by atomic mass is 10.1. The van der Waals surface area contributed by atoms with E-state index in [1.807, 2.05) is 0 Å². The monoisotopic (exact) mass is 416 g/mol. The number of esters is 1. The third kappa shape index (κ3) is 5.42. The summed E-state index contributed by atoms with van der Waals surface area (Å²) in [5.74, 6) is -4.48. The van der Waals surface area contributed by atoms with Crippen molar-refractivity contribution in [2.45, 2.75) is 18.6 Å². The Balaban J connectivity index is 2.14. The van der Waals surface area contributed by atoms with Gasteiger partial charge in [0, 0.05) is 12.1 Å². The number of anilines is 3. The van der Waals surface area contributed by atoms with Gasteiger partial charge in [0.15, 0.2) is 10.9 Å². The molecule has 12 heteroatoms. The number of nitrogens with zero attached hydrogens (tertiary/aromatic N) is 1. The van der Waals surface area contributed by atoms with Crippen LogP contribution in [0.15, 0.2) is 30.3 Å². The minimum Gasteiger partial charge on any atom is -0.467 e. The molecule has 0 aliphatic rings. The number of nitrogens with two attached hydrogens (primary N) is 1. The summed E-state index contributed by atoms with van der Waals surface area (Å²) in [6, 6.07) is 7.03. The van der Waals surface area contributed by atoms with Gasteiger partial charge in [0.25, 0.3) is 0 Å². The standard InChI is InChI=1S/C16H15F3N4O4S/c1-27-13(25)9(22-14(26)16(17,18)19)7-10(24)11-12(20)23-15(28-11)21-8-5-3-2-4-6-8/h2-6,9H,7,20H2,1H3,(H,21,23)(H,22,26)/t9-/m0/s1. The summed E-state index contributed by atoms with van der Waals surface area (Å²) in [4.78, 5) is 39.1. The van der Waals surface area contributed by atoms with Gasteiger partial charge in [0.05, 0.1) is 7.11 Å². The van der Waals surface area contributed by atoms with Gasteiger partial charge in [-0.05, 0) is 12.1 Å². The number of carbonyl (C=O) groups excluding carboxylic acids is 3. The molecule has 4 N–H and O–H groups in total. The molecule has 2 rings (SSSR count). The summed E-state index contributed by atoms with van der Waals surface area (Å²) in [6.45, 7) is 0. The summed E-state index contributed by atoms with van der Waals surface area (Å²) in [5, 5.41) is 4.65. The fourth-order valence-electron chi connectivity index (χ4n) is 2.08. The number of ketones is 1. The molecule has 28 heavy (non-hydrogen) atoms. The van der Waals surface area contributed by atoms with Crippen molar-refractivity contribution in [2.24, 2.45) is 0 Å². The van der Waals surface area contributed by atoms with Crippen molar-refractivity contribution in [1.82, 2.24) is 10.3 Å². The van der Waals surface area contributed by atoms with Crippen molar-refractivity contribution in [2.75, 3.05) is 18.2 Å². The highest BCUT2D eigenvalue weighted by atomic mass is 32.1. The molecule has 1 heterocycles. The van der Waals surface area contributed by atoms with E-state index in [0.717, 1.165) is 18.4 Å². The maximum Gasteiger partial charge on any atom is 0.471 e. The molecular weight excluding hydrogens is 401 g/mol. The van der Waals surface area contributed by atoms with E-state index in [4.69, 9.17) is 5.73 Å². The fraction of sp³-hybridized carbons (Fsp3) is 0.250. The smallest absolute Gasteiger partial charge is 0.467 e. The number of nitrogens with one attached hydrogen (secondary N) is 2. The van der Waals surface area contributed by atoms with E-state index in [9.17, 15) is 27.6 Å². The van der Waals surface area contributed by atoms with E-state index in [1.165, 1.54) is 5.32 Å². The van der Waals surface area contributed by atoms with Crippen LogP contribution in [0.1, 0.15) is 16.1 Å². The Labute approximate surface area is 160 Å². The average molecular weight is 416 g/mol. The quantitative estimate of drug-likeness (QED) is 0.467. The fourth-order valence-corrected chi connectivity index (χ4v) is 2.94. The molecule has 0 saturated heterocycles. The van der Waals surface area contributed by atoms with Crippen molar-refractivity contribution in [3.05, 3.63) is 35.2 Å². The second kappa shape index (κ2) is 8.69. The number of hydrogen-bond donors (Lipinski definition) is 3. The Morgan fingerprint density at radius 2 is 1.89 bits per heavy atom.